The number of benzene rings is 1. The largest absolute Gasteiger partial charge is 0.263 e. The number of hydrogen-bond acceptors (Lipinski definition) is 3. The second-order valence-corrected chi connectivity index (χ2v) is 6.22. The van der Waals surface area contributed by atoms with Crippen LogP contribution in [-0.2, 0) is 16.4 Å². The molecule has 0 saturated carbocycles. The second kappa shape index (κ2) is 5.24. The van der Waals surface area contributed by atoms with Gasteiger partial charge < -0.3 is 0 Å². The molecule has 0 fully saturated rings. The summed E-state index contributed by atoms with van der Waals surface area (Å²) in [5, 5.41) is 6.44. The molecule has 2 N–H and O–H groups in total. The van der Waals surface area contributed by atoms with Gasteiger partial charge in [0.05, 0.1) is 11.1 Å². The van der Waals surface area contributed by atoms with E-state index >= 15 is 0 Å². The van der Waals surface area contributed by atoms with E-state index in [2.05, 4.69) is 14.9 Å². The summed E-state index contributed by atoms with van der Waals surface area (Å²) >= 11 is 0. The minimum Gasteiger partial charge on any atom is -0.263 e. The van der Waals surface area contributed by atoms with E-state index in [1.165, 1.54) is 12.1 Å². The van der Waals surface area contributed by atoms with Gasteiger partial charge in [-0.15, -0.1) is 0 Å². The van der Waals surface area contributed by atoms with Crippen LogP contribution < -0.4 is 4.72 Å². The lowest BCUT2D eigenvalue weighted by molar-refractivity contribution is 0.597. The molecule has 0 atom stereocenters. The molecule has 2 aromatic rings. The Morgan fingerprint density at radius 1 is 1.30 bits per heavy atom. The standard InChI is InChI=1S/C13H16FN3O2S/c1-4-10-7-15-16-13(10)17-20(18,19)12-8(2)5-11(14)6-9(12)3/h5-7H,4H2,1-3H3,(H2,15,16,17). The fraction of sp³-hybridized carbons (Fsp3) is 0.308. The van der Waals surface area contributed by atoms with Crippen molar-refractivity contribution in [2.75, 3.05) is 4.72 Å². The van der Waals surface area contributed by atoms with Gasteiger partial charge in [0, 0.05) is 5.56 Å². The topological polar surface area (TPSA) is 74.8 Å². The Balaban J connectivity index is 2.46. The third kappa shape index (κ3) is 2.67. The Labute approximate surface area is 117 Å². The summed E-state index contributed by atoms with van der Waals surface area (Å²) in [6.07, 6.45) is 2.22. The Morgan fingerprint density at radius 2 is 1.90 bits per heavy atom. The van der Waals surface area contributed by atoms with E-state index in [4.69, 9.17) is 0 Å². The molecule has 2 rings (SSSR count). The Kier molecular flexibility index (Phi) is 3.80. The number of aromatic nitrogens is 2. The molecular weight excluding hydrogens is 281 g/mol. The van der Waals surface area contributed by atoms with Crippen LogP contribution in [0.5, 0.6) is 0 Å². The summed E-state index contributed by atoms with van der Waals surface area (Å²) < 4.78 is 40.6. The van der Waals surface area contributed by atoms with Crippen molar-refractivity contribution in [3.63, 3.8) is 0 Å². The average molecular weight is 297 g/mol. The number of aryl methyl sites for hydroxylation is 3. The molecule has 0 aliphatic heterocycles. The summed E-state index contributed by atoms with van der Waals surface area (Å²) in [5.41, 5.74) is 1.51. The van der Waals surface area contributed by atoms with Gasteiger partial charge in [0.2, 0.25) is 0 Å². The van der Waals surface area contributed by atoms with Crippen molar-refractivity contribution in [2.24, 2.45) is 0 Å². The Bertz CT molecular complexity index is 715. The number of nitrogens with one attached hydrogen (secondary N) is 2. The van der Waals surface area contributed by atoms with Gasteiger partial charge in [0.15, 0.2) is 0 Å². The van der Waals surface area contributed by atoms with Crippen LogP contribution in [0.15, 0.2) is 23.2 Å². The minimum atomic E-state index is -3.78. The molecule has 0 aliphatic rings. The predicted molar refractivity (Wildman–Crippen MR) is 74.6 cm³/mol. The molecule has 7 heteroatoms. The molecule has 0 spiro atoms. The van der Waals surface area contributed by atoms with E-state index in [-0.39, 0.29) is 4.90 Å². The summed E-state index contributed by atoms with van der Waals surface area (Å²) in [6.45, 7) is 5.04. The zero-order valence-corrected chi connectivity index (χ0v) is 12.3. The molecule has 1 aromatic heterocycles. The van der Waals surface area contributed by atoms with E-state index in [0.717, 1.165) is 5.56 Å². The van der Waals surface area contributed by atoms with Crippen molar-refractivity contribution in [1.82, 2.24) is 10.2 Å². The van der Waals surface area contributed by atoms with Crippen LogP contribution in [0.4, 0.5) is 10.2 Å². The van der Waals surface area contributed by atoms with Gasteiger partial charge in [0.1, 0.15) is 11.6 Å². The smallest absolute Gasteiger partial charge is 0.263 e. The van der Waals surface area contributed by atoms with Gasteiger partial charge in [-0.3, -0.25) is 9.82 Å². The van der Waals surface area contributed by atoms with E-state index in [9.17, 15) is 12.8 Å². The van der Waals surface area contributed by atoms with Gasteiger partial charge >= 0.3 is 0 Å². The number of halogens is 1. The van der Waals surface area contributed by atoms with Crippen molar-refractivity contribution < 1.29 is 12.8 Å². The molecule has 108 valence electrons. The summed E-state index contributed by atoms with van der Waals surface area (Å²) in [7, 11) is -3.78. The van der Waals surface area contributed by atoms with E-state index in [0.29, 0.717) is 23.4 Å². The Hall–Kier alpha value is -1.89. The maximum atomic E-state index is 13.3. The van der Waals surface area contributed by atoms with Gasteiger partial charge in [-0.05, 0) is 43.5 Å². The van der Waals surface area contributed by atoms with Crippen molar-refractivity contribution in [3.05, 3.63) is 40.8 Å². The number of nitrogens with zero attached hydrogens (tertiary/aromatic N) is 1. The SMILES string of the molecule is CCc1cn[nH]c1NS(=O)(=O)c1c(C)cc(F)cc1C. The van der Waals surface area contributed by atoms with Crippen molar-refractivity contribution in [2.45, 2.75) is 32.1 Å². The number of aromatic amines is 1. The van der Waals surface area contributed by atoms with Crippen LogP contribution in [-0.4, -0.2) is 18.6 Å². The number of sulfonamides is 1. The number of H-pyrrole nitrogens is 1. The first-order chi connectivity index (χ1) is 9.35. The van der Waals surface area contributed by atoms with Crippen LogP contribution in [0, 0.1) is 19.7 Å². The first kappa shape index (κ1) is 14.5. The van der Waals surface area contributed by atoms with E-state index in [1.54, 1.807) is 20.0 Å². The van der Waals surface area contributed by atoms with Crippen LogP contribution in [0.25, 0.3) is 0 Å². The normalized spacial score (nSPS) is 11.6. The van der Waals surface area contributed by atoms with Crippen molar-refractivity contribution >= 4 is 15.8 Å². The minimum absolute atomic E-state index is 0.0931. The lowest BCUT2D eigenvalue weighted by atomic mass is 10.1. The predicted octanol–water partition coefficient (Wildman–Crippen LogP) is 2.53. The quantitative estimate of drug-likeness (QED) is 0.910. The number of rotatable bonds is 4. The monoisotopic (exact) mass is 297 g/mol. The highest BCUT2D eigenvalue weighted by Gasteiger charge is 2.22. The van der Waals surface area contributed by atoms with Crippen LogP contribution in [0.3, 0.4) is 0 Å². The molecule has 0 unspecified atom stereocenters. The van der Waals surface area contributed by atoms with Gasteiger partial charge in [-0.2, -0.15) is 5.10 Å². The summed E-state index contributed by atoms with van der Waals surface area (Å²) in [5.74, 6) is -0.106. The molecule has 0 amide bonds. The van der Waals surface area contributed by atoms with Crippen LogP contribution in [0.1, 0.15) is 23.6 Å². The van der Waals surface area contributed by atoms with Gasteiger partial charge in [-0.1, -0.05) is 6.92 Å². The first-order valence-corrected chi connectivity index (χ1v) is 7.65. The zero-order valence-electron chi connectivity index (χ0n) is 11.5. The summed E-state index contributed by atoms with van der Waals surface area (Å²) in [4.78, 5) is 0.0931. The molecular formula is C13H16FN3O2S. The Morgan fingerprint density at radius 3 is 2.45 bits per heavy atom. The number of hydrogen-bond donors (Lipinski definition) is 2. The lowest BCUT2D eigenvalue weighted by Gasteiger charge is -2.12. The molecule has 1 aromatic carbocycles. The van der Waals surface area contributed by atoms with Crippen LogP contribution >= 0.6 is 0 Å². The maximum Gasteiger partial charge on any atom is 0.263 e. The maximum absolute atomic E-state index is 13.3. The molecule has 20 heavy (non-hydrogen) atoms. The third-order valence-electron chi connectivity index (χ3n) is 3.03. The highest BCUT2D eigenvalue weighted by molar-refractivity contribution is 7.92. The lowest BCUT2D eigenvalue weighted by Crippen LogP contribution is -2.17. The fourth-order valence-electron chi connectivity index (χ4n) is 2.17. The van der Waals surface area contributed by atoms with E-state index < -0.39 is 15.8 Å². The number of anilines is 1. The second-order valence-electron chi connectivity index (χ2n) is 4.60. The highest BCUT2D eigenvalue weighted by atomic mass is 32.2. The molecule has 5 nitrogen and oxygen atoms in total. The van der Waals surface area contributed by atoms with Crippen molar-refractivity contribution in [3.8, 4) is 0 Å². The summed E-state index contributed by atoms with van der Waals surface area (Å²) in [6, 6.07) is 2.41. The molecule has 0 bridgehead atoms. The molecule has 0 aliphatic carbocycles. The van der Waals surface area contributed by atoms with E-state index in [1.807, 2.05) is 6.92 Å². The molecule has 1 heterocycles. The highest BCUT2D eigenvalue weighted by Crippen LogP contribution is 2.24. The van der Waals surface area contributed by atoms with Gasteiger partial charge in [0.25, 0.3) is 10.0 Å². The zero-order chi connectivity index (χ0) is 14.9. The molecule has 0 radical (unpaired) electrons. The fourth-order valence-corrected chi connectivity index (χ4v) is 3.69. The van der Waals surface area contributed by atoms with Crippen molar-refractivity contribution in [1.29, 1.82) is 0 Å². The third-order valence-corrected chi connectivity index (χ3v) is 4.68. The van der Waals surface area contributed by atoms with Crippen LogP contribution in [0.2, 0.25) is 0 Å². The molecule has 0 saturated heterocycles. The first-order valence-electron chi connectivity index (χ1n) is 6.17. The van der Waals surface area contributed by atoms with Gasteiger partial charge in [-0.25, -0.2) is 12.8 Å². The average Bonchev–Trinajstić information content (AvgIpc) is 2.73.